The smallest absolute Gasteiger partial charge is 0.296 e. The summed E-state index contributed by atoms with van der Waals surface area (Å²) in [6.07, 6.45) is 0. The molecule has 0 unspecified atom stereocenters. The van der Waals surface area contributed by atoms with Gasteiger partial charge in [-0.15, -0.1) is 0 Å². The van der Waals surface area contributed by atoms with Crippen LogP contribution in [-0.2, 0) is 26.2 Å². The number of hydrogen-bond donors (Lipinski definition) is 2. The van der Waals surface area contributed by atoms with Crippen LogP contribution < -0.4 is 10.9 Å². The SMILES string of the molecule is O=C(NCc1ccc(F)cc1)c1nc2n(c(=O)c1O)CCN(Cc1ccccc1)C2. The second kappa shape index (κ2) is 8.46. The summed E-state index contributed by atoms with van der Waals surface area (Å²) in [4.78, 5) is 31.5. The second-order valence-corrected chi connectivity index (χ2v) is 7.19. The number of aromatic nitrogens is 2. The van der Waals surface area contributed by atoms with Gasteiger partial charge >= 0.3 is 0 Å². The van der Waals surface area contributed by atoms with Crippen molar-refractivity contribution in [3.63, 3.8) is 0 Å². The second-order valence-electron chi connectivity index (χ2n) is 7.19. The van der Waals surface area contributed by atoms with Crippen molar-refractivity contribution < 1.29 is 14.3 Å². The van der Waals surface area contributed by atoms with E-state index >= 15 is 0 Å². The first-order valence-corrected chi connectivity index (χ1v) is 9.63. The monoisotopic (exact) mass is 408 g/mol. The summed E-state index contributed by atoms with van der Waals surface area (Å²) >= 11 is 0. The predicted octanol–water partition coefficient (Wildman–Crippen LogP) is 2.03. The lowest BCUT2D eigenvalue weighted by molar-refractivity contribution is 0.0940. The molecule has 0 saturated carbocycles. The van der Waals surface area contributed by atoms with Crippen molar-refractivity contribution in [1.82, 2.24) is 19.8 Å². The maximum absolute atomic E-state index is 13.0. The Morgan fingerprint density at radius 2 is 1.80 bits per heavy atom. The minimum absolute atomic E-state index is 0.124. The van der Waals surface area contributed by atoms with E-state index in [1.807, 2.05) is 30.3 Å². The van der Waals surface area contributed by atoms with Crippen LogP contribution in [0.1, 0.15) is 27.4 Å². The quantitative estimate of drug-likeness (QED) is 0.675. The molecular weight excluding hydrogens is 387 g/mol. The van der Waals surface area contributed by atoms with E-state index in [1.54, 1.807) is 12.1 Å². The Morgan fingerprint density at radius 1 is 1.07 bits per heavy atom. The van der Waals surface area contributed by atoms with Gasteiger partial charge in [-0.25, -0.2) is 9.37 Å². The lowest BCUT2D eigenvalue weighted by atomic mass is 10.2. The molecule has 0 spiro atoms. The van der Waals surface area contributed by atoms with Crippen LogP contribution in [0.4, 0.5) is 4.39 Å². The molecular formula is C22H21FN4O3. The molecule has 8 heteroatoms. The lowest BCUT2D eigenvalue weighted by Crippen LogP contribution is -2.41. The fourth-order valence-electron chi connectivity index (χ4n) is 3.46. The molecule has 2 N–H and O–H groups in total. The Kier molecular flexibility index (Phi) is 5.58. The summed E-state index contributed by atoms with van der Waals surface area (Å²) in [6, 6.07) is 15.6. The third kappa shape index (κ3) is 4.23. The number of fused-ring (bicyclic) bond motifs is 1. The molecule has 1 aromatic heterocycles. The van der Waals surface area contributed by atoms with Crippen molar-refractivity contribution in [2.75, 3.05) is 6.54 Å². The Bertz CT molecular complexity index is 1110. The van der Waals surface area contributed by atoms with Crippen molar-refractivity contribution >= 4 is 5.91 Å². The molecule has 0 bridgehead atoms. The zero-order valence-corrected chi connectivity index (χ0v) is 16.2. The highest BCUT2D eigenvalue weighted by molar-refractivity contribution is 5.94. The average molecular weight is 408 g/mol. The molecule has 0 radical (unpaired) electrons. The van der Waals surface area contributed by atoms with Crippen LogP contribution >= 0.6 is 0 Å². The molecule has 1 amide bonds. The summed E-state index contributed by atoms with van der Waals surface area (Å²) in [5.41, 5.74) is 0.915. The van der Waals surface area contributed by atoms with Crippen molar-refractivity contribution in [1.29, 1.82) is 0 Å². The number of carbonyl (C=O) groups is 1. The molecule has 1 aliphatic heterocycles. The average Bonchev–Trinajstić information content (AvgIpc) is 2.76. The van der Waals surface area contributed by atoms with Crippen molar-refractivity contribution in [3.8, 4) is 5.75 Å². The van der Waals surface area contributed by atoms with Gasteiger partial charge in [-0.05, 0) is 23.3 Å². The number of halogens is 1. The number of hydrogen-bond acceptors (Lipinski definition) is 5. The Morgan fingerprint density at radius 3 is 2.53 bits per heavy atom. The highest BCUT2D eigenvalue weighted by Crippen LogP contribution is 2.17. The third-order valence-corrected chi connectivity index (χ3v) is 5.06. The lowest BCUT2D eigenvalue weighted by Gasteiger charge is -2.29. The van der Waals surface area contributed by atoms with E-state index in [4.69, 9.17) is 0 Å². The van der Waals surface area contributed by atoms with Gasteiger partial charge in [0.1, 0.15) is 11.6 Å². The fraction of sp³-hybridized carbons (Fsp3) is 0.227. The van der Waals surface area contributed by atoms with Crippen LogP contribution in [-0.4, -0.2) is 32.0 Å². The Labute approximate surface area is 172 Å². The summed E-state index contributed by atoms with van der Waals surface area (Å²) in [5, 5.41) is 12.9. The Balaban J connectivity index is 1.51. The van der Waals surface area contributed by atoms with Crippen molar-refractivity contribution in [3.05, 3.63) is 93.4 Å². The zero-order valence-electron chi connectivity index (χ0n) is 16.2. The molecule has 2 heterocycles. The van der Waals surface area contributed by atoms with Gasteiger partial charge in [0.2, 0.25) is 5.75 Å². The first kappa shape index (κ1) is 19.8. The first-order chi connectivity index (χ1) is 14.5. The van der Waals surface area contributed by atoms with Crippen LogP contribution in [0.5, 0.6) is 5.75 Å². The van der Waals surface area contributed by atoms with E-state index in [1.165, 1.54) is 16.7 Å². The predicted molar refractivity (Wildman–Crippen MR) is 108 cm³/mol. The number of aromatic hydroxyl groups is 1. The zero-order chi connectivity index (χ0) is 21.1. The molecule has 2 aromatic carbocycles. The fourth-order valence-corrected chi connectivity index (χ4v) is 3.46. The van der Waals surface area contributed by atoms with E-state index < -0.39 is 17.2 Å². The van der Waals surface area contributed by atoms with Crippen LogP contribution in [0, 0.1) is 5.82 Å². The molecule has 1 aliphatic rings. The van der Waals surface area contributed by atoms with Gasteiger partial charge in [0.25, 0.3) is 11.5 Å². The molecule has 0 saturated heterocycles. The van der Waals surface area contributed by atoms with Crippen LogP contribution in [0.25, 0.3) is 0 Å². The molecule has 0 fully saturated rings. The maximum Gasteiger partial charge on any atom is 0.296 e. The molecule has 4 rings (SSSR count). The molecule has 30 heavy (non-hydrogen) atoms. The van der Waals surface area contributed by atoms with Gasteiger partial charge in [0.05, 0.1) is 6.54 Å². The summed E-state index contributed by atoms with van der Waals surface area (Å²) < 4.78 is 14.4. The van der Waals surface area contributed by atoms with Crippen molar-refractivity contribution in [2.24, 2.45) is 0 Å². The highest BCUT2D eigenvalue weighted by Gasteiger charge is 2.25. The van der Waals surface area contributed by atoms with Gasteiger partial charge in [-0.3, -0.25) is 19.1 Å². The molecule has 0 atom stereocenters. The van der Waals surface area contributed by atoms with Crippen LogP contribution in [0.15, 0.2) is 59.4 Å². The number of rotatable bonds is 5. The summed E-state index contributed by atoms with van der Waals surface area (Å²) in [6.45, 7) is 2.24. The van der Waals surface area contributed by atoms with Crippen molar-refractivity contribution in [2.45, 2.75) is 26.2 Å². The highest BCUT2D eigenvalue weighted by atomic mass is 19.1. The molecule has 154 valence electrons. The van der Waals surface area contributed by atoms with Crippen LogP contribution in [0.2, 0.25) is 0 Å². The third-order valence-electron chi connectivity index (χ3n) is 5.06. The van der Waals surface area contributed by atoms with E-state index in [0.717, 1.165) is 5.56 Å². The number of carbonyl (C=O) groups excluding carboxylic acids is 1. The van der Waals surface area contributed by atoms with E-state index in [-0.39, 0.29) is 18.1 Å². The van der Waals surface area contributed by atoms with Gasteiger partial charge in [0.15, 0.2) is 5.69 Å². The van der Waals surface area contributed by atoms with E-state index in [9.17, 15) is 19.1 Å². The van der Waals surface area contributed by atoms with Gasteiger partial charge in [-0.2, -0.15) is 0 Å². The van der Waals surface area contributed by atoms with Crippen LogP contribution in [0.3, 0.4) is 0 Å². The number of benzene rings is 2. The minimum atomic E-state index is -0.660. The number of nitrogens with zero attached hydrogens (tertiary/aromatic N) is 3. The summed E-state index contributed by atoms with van der Waals surface area (Å²) in [5.74, 6) is -1.25. The normalized spacial score (nSPS) is 13.6. The maximum atomic E-state index is 13.0. The van der Waals surface area contributed by atoms with E-state index in [0.29, 0.717) is 37.6 Å². The van der Waals surface area contributed by atoms with Gasteiger partial charge in [0, 0.05) is 26.2 Å². The molecule has 0 aliphatic carbocycles. The van der Waals surface area contributed by atoms with Gasteiger partial charge < -0.3 is 10.4 Å². The standard InChI is InChI=1S/C22H21FN4O3/c23-17-8-6-15(7-9-17)12-24-21(29)19-20(28)22(30)27-11-10-26(14-18(27)25-19)13-16-4-2-1-3-5-16/h1-9,28H,10-14H2,(H,24,29). The number of amides is 1. The minimum Gasteiger partial charge on any atom is -0.501 e. The summed E-state index contributed by atoms with van der Waals surface area (Å²) in [7, 11) is 0. The number of nitrogens with one attached hydrogen (secondary N) is 1. The molecule has 7 nitrogen and oxygen atoms in total. The molecule has 3 aromatic rings. The topological polar surface area (TPSA) is 87.5 Å². The largest absolute Gasteiger partial charge is 0.501 e. The first-order valence-electron chi connectivity index (χ1n) is 9.63. The van der Waals surface area contributed by atoms with E-state index in [2.05, 4.69) is 15.2 Å². The van der Waals surface area contributed by atoms with Gasteiger partial charge in [-0.1, -0.05) is 42.5 Å². The Hall–Kier alpha value is -3.52.